The van der Waals surface area contributed by atoms with Crippen LogP contribution in [0.5, 0.6) is 0 Å². The Kier molecular flexibility index (Phi) is 4.21. The highest BCUT2D eigenvalue weighted by Crippen LogP contribution is 2.18. The van der Waals surface area contributed by atoms with E-state index in [1.165, 1.54) is 0 Å². The molecule has 2 aromatic heterocycles. The quantitative estimate of drug-likeness (QED) is 0.936. The van der Waals surface area contributed by atoms with Crippen LogP contribution >= 0.6 is 11.3 Å². The van der Waals surface area contributed by atoms with E-state index in [1.807, 2.05) is 37.4 Å². The van der Waals surface area contributed by atoms with Crippen LogP contribution in [0.2, 0.25) is 0 Å². The Balaban J connectivity index is 1.89. The van der Waals surface area contributed by atoms with Crippen molar-refractivity contribution in [3.05, 3.63) is 39.9 Å². The van der Waals surface area contributed by atoms with Gasteiger partial charge in [-0.25, -0.2) is 4.79 Å². The molecule has 2 amide bonds. The fraction of sp³-hybridized carbons (Fsp3) is 0.385. The smallest absolute Gasteiger partial charge is 0.317 e. The highest BCUT2D eigenvalue weighted by molar-refractivity contribution is 7.10. The molecular weight excluding hydrogens is 262 g/mol. The summed E-state index contributed by atoms with van der Waals surface area (Å²) in [5, 5.41) is 8.82. The Labute approximate surface area is 116 Å². The largest absolute Gasteiger partial charge is 0.361 e. The standard InChI is InChI=1S/C13H17N3O2S/c1-9-7-11(15-18-9)8-16(3)13(17)14-10(2)12-5-4-6-19-12/h4-7,10H,8H2,1-3H3,(H,14,17)/t10-/m0/s1. The van der Waals surface area contributed by atoms with Crippen LogP contribution in [0.15, 0.2) is 28.1 Å². The molecule has 0 radical (unpaired) electrons. The predicted molar refractivity (Wildman–Crippen MR) is 74.0 cm³/mol. The van der Waals surface area contributed by atoms with Crippen molar-refractivity contribution in [3.63, 3.8) is 0 Å². The summed E-state index contributed by atoms with van der Waals surface area (Å²) in [6.45, 7) is 4.23. The summed E-state index contributed by atoms with van der Waals surface area (Å²) in [4.78, 5) is 14.7. The van der Waals surface area contributed by atoms with Crippen LogP contribution in [-0.2, 0) is 6.54 Å². The van der Waals surface area contributed by atoms with Gasteiger partial charge in [-0.05, 0) is 25.3 Å². The summed E-state index contributed by atoms with van der Waals surface area (Å²) in [5.41, 5.74) is 0.749. The Morgan fingerprint density at radius 1 is 1.63 bits per heavy atom. The molecule has 19 heavy (non-hydrogen) atoms. The number of aryl methyl sites for hydroxylation is 1. The molecule has 0 saturated carbocycles. The maximum atomic E-state index is 12.0. The van der Waals surface area contributed by atoms with Gasteiger partial charge in [0.05, 0.1) is 12.6 Å². The second-order valence-corrected chi connectivity index (χ2v) is 5.45. The van der Waals surface area contributed by atoms with Crippen molar-refractivity contribution < 1.29 is 9.32 Å². The van der Waals surface area contributed by atoms with Gasteiger partial charge < -0.3 is 14.7 Å². The lowest BCUT2D eigenvalue weighted by atomic mass is 10.3. The number of nitrogens with zero attached hydrogens (tertiary/aromatic N) is 2. The summed E-state index contributed by atoms with van der Waals surface area (Å²) >= 11 is 1.63. The Hall–Kier alpha value is -1.82. The number of hydrogen-bond donors (Lipinski definition) is 1. The minimum absolute atomic E-state index is 0.00833. The molecule has 0 unspecified atom stereocenters. The molecule has 0 bridgehead atoms. The molecule has 2 heterocycles. The number of nitrogens with one attached hydrogen (secondary N) is 1. The third-order valence-electron chi connectivity index (χ3n) is 2.73. The molecule has 0 aliphatic carbocycles. The molecule has 0 aliphatic rings. The van der Waals surface area contributed by atoms with Crippen LogP contribution in [0.25, 0.3) is 0 Å². The summed E-state index contributed by atoms with van der Waals surface area (Å²) in [7, 11) is 1.74. The topological polar surface area (TPSA) is 58.4 Å². The van der Waals surface area contributed by atoms with Crippen LogP contribution in [-0.4, -0.2) is 23.1 Å². The lowest BCUT2D eigenvalue weighted by Gasteiger charge is -2.19. The maximum absolute atomic E-state index is 12.0. The molecule has 6 heteroatoms. The minimum Gasteiger partial charge on any atom is -0.361 e. The van der Waals surface area contributed by atoms with Gasteiger partial charge in [0.25, 0.3) is 0 Å². The number of aromatic nitrogens is 1. The Morgan fingerprint density at radius 2 is 2.42 bits per heavy atom. The van der Waals surface area contributed by atoms with Gasteiger partial charge in [0, 0.05) is 18.0 Å². The molecule has 2 aromatic rings. The first-order valence-corrected chi connectivity index (χ1v) is 6.91. The molecule has 102 valence electrons. The van der Waals surface area contributed by atoms with Crippen molar-refractivity contribution >= 4 is 17.4 Å². The average molecular weight is 279 g/mol. The molecule has 1 atom stereocenters. The molecule has 0 saturated heterocycles. The number of carbonyl (C=O) groups excluding carboxylic acids is 1. The lowest BCUT2D eigenvalue weighted by molar-refractivity contribution is 0.202. The maximum Gasteiger partial charge on any atom is 0.317 e. The minimum atomic E-state index is -0.124. The van der Waals surface area contributed by atoms with E-state index >= 15 is 0 Å². The molecular formula is C13H17N3O2S. The summed E-state index contributed by atoms with van der Waals surface area (Å²) < 4.78 is 4.98. The van der Waals surface area contributed by atoms with E-state index in [0.29, 0.717) is 6.54 Å². The molecule has 0 aromatic carbocycles. The van der Waals surface area contributed by atoms with Crippen LogP contribution in [0.1, 0.15) is 29.3 Å². The monoisotopic (exact) mass is 279 g/mol. The second-order valence-electron chi connectivity index (χ2n) is 4.47. The molecule has 0 aliphatic heterocycles. The van der Waals surface area contributed by atoms with Gasteiger partial charge >= 0.3 is 6.03 Å². The van der Waals surface area contributed by atoms with Crippen molar-refractivity contribution in [1.82, 2.24) is 15.4 Å². The van der Waals surface area contributed by atoms with E-state index in [0.717, 1.165) is 16.3 Å². The second kappa shape index (κ2) is 5.88. The van der Waals surface area contributed by atoms with Gasteiger partial charge in [-0.3, -0.25) is 0 Å². The van der Waals surface area contributed by atoms with Gasteiger partial charge in [-0.15, -0.1) is 11.3 Å². The van der Waals surface area contributed by atoms with Gasteiger partial charge in [0.2, 0.25) is 0 Å². The van der Waals surface area contributed by atoms with Gasteiger partial charge in [-0.1, -0.05) is 11.2 Å². The van der Waals surface area contributed by atoms with Crippen LogP contribution in [0.3, 0.4) is 0 Å². The number of hydrogen-bond acceptors (Lipinski definition) is 4. The van der Waals surface area contributed by atoms with Crippen LogP contribution < -0.4 is 5.32 Å². The van der Waals surface area contributed by atoms with Crippen LogP contribution in [0, 0.1) is 6.92 Å². The van der Waals surface area contributed by atoms with E-state index in [1.54, 1.807) is 23.3 Å². The summed E-state index contributed by atoms with van der Waals surface area (Å²) in [5.74, 6) is 0.746. The molecule has 2 rings (SSSR count). The SMILES string of the molecule is Cc1cc(CN(C)C(=O)N[C@@H](C)c2cccs2)no1. The molecule has 5 nitrogen and oxygen atoms in total. The first-order chi connectivity index (χ1) is 9.06. The number of rotatable bonds is 4. The molecule has 0 fully saturated rings. The zero-order valence-corrected chi connectivity index (χ0v) is 12.0. The van der Waals surface area contributed by atoms with Gasteiger partial charge in [-0.2, -0.15) is 0 Å². The van der Waals surface area contributed by atoms with Crippen molar-refractivity contribution in [2.75, 3.05) is 7.05 Å². The van der Waals surface area contributed by atoms with Gasteiger partial charge in [0.15, 0.2) is 0 Å². The highest BCUT2D eigenvalue weighted by atomic mass is 32.1. The lowest BCUT2D eigenvalue weighted by Crippen LogP contribution is -2.38. The van der Waals surface area contributed by atoms with E-state index in [-0.39, 0.29) is 12.1 Å². The summed E-state index contributed by atoms with van der Waals surface area (Å²) in [6, 6.07) is 5.70. The van der Waals surface area contributed by atoms with Crippen molar-refractivity contribution in [2.24, 2.45) is 0 Å². The Morgan fingerprint density at radius 3 is 3.00 bits per heavy atom. The Bertz CT molecular complexity index is 536. The fourth-order valence-electron chi connectivity index (χ4n) is 1.71. The average Bonchev–Trinajstić information content (AvgIpc) is 3.00. The predicted octanol–water partition coefficient (Wildman–Crippen LogP) is 2.95. The summed E-state index contributed by atoms with van der Waals surface area (Å²) in [6.07, 6.45) is 0. The first-order valence-electron chi connectivity index (χ1n) is 6.03. The van der Waals surface area contributed by atoms with E-state index in [2.05, 4.69) is 10.5 Å². The van der Waals surface area contributed by atoms with Crippen molar-refractivity contribution in [3.8, 4) is 0 Å². The van der Waals surface area contributed by atoms with Crippen molar-refractivity contribution in [2.45, 2.75) is 26.4 Å². The molecule has 0 spiro atoms. The number of carbonyl (C=O) groups is 1. The number of thiophene rings is 1. The fourth-order valence-corrected chi connectivity index (χ4v) is 2.45. The highest BCUT2D eigenvalue weighted by Gasteiger charge is 2.15. The van der Waals surface area contributed by atoms with Crippen molar-refractivity contribution in [1.29, 1.82) is 0 Å². The zero-order valence-electron chi connectivity index (χ0n) is 11.2. The molecule has 1 N–H and O–H groups in total. The number of amides is 2. The van der Waals surface area contributed by atoms with E-state index in [4.69, 9.17) is 4.52 Å². The third-order valence-corrected chi connectivity index (χ3v) is 3.79. The van der Waals surface area contributed by atoms with E-state index < -0.39 is 0 Å². The number of urea groups is 1. The van der Waals surface area contributed by atoms with Gasteiger partial charge in [0.1, 0.15) is 11.5 Å². The normalized spacial score (nSPS) is 12.2. The van der Waals surface area contributed by atoms with Crippen LogP contribution in [0.4, 0.5) is 4.79 Å². The third kappa shape index (κ3) is 3.57. The zero-order chi connectivity index (χ0) is 13.8. The first kappa shape index (κ1) is 13.6. The van der Waals surface area contributed by atoms with E-state index in [9.17, 15) is 4.79 Å².